The normalized spacial score (nSPS) is 19.2. The number of ether oxygens (including phenoxy) is 1. The third-order valence-electron chi connectivity index (χ3n) is 8.04. The number of aryl methyl sites for hydroxylation is 1. The first kappa shape index (κ1) is 35.1. The van der Waals surface area contributed by atoms with Crippen LogP contribution in [0.15, 0.2) is 66.7 Å². The maximum absolute atomic E-state index is 15.0. The van der Waals surface area contributed by atoms with Crippen LogP contribution in [0, 0.1) is 11.2 Å². The van der Waals surface area contributed by atoms with Gasteiger partial charge in [0.1, 0.15) is 17.1 Å². The molecule has 0 unspecified atom stereocenters. The summed E-state index contributed by atoms with van der Waals surface area (Å²) >= 11 is 0. The molecule has 4 aliphatic heterocycles. The van der Waals surface area contributed by atoms with Gasteiger partial charge in [0, 0.05) is 37.8 Å². The lowest BCUT2D eigenvalue weighted by Crippen LogP contribution is -2.56. The molecule has 0 aliphatic carbocycles. The van der Waals surface area contributed by atoms with Crippen molar-refractivity contribution in [2.45, 2.75) is 71.9 Å². The van der Waals surface area contributed by atoms with E-state index in [0.29, 0.717) is 48.6 Å². The van der Waals surface area contributed by atoms with Gasteiger partial charge in [-0.1, -0.05) is 39.0 Å². The number of nitrogens with zero attached hydrogens (tertiary/aromatic N) is 1. The van der Waals surface area contributed by atoms with E-state index >= 15 is 0 Å². The Hall–Kier alpha value is -4.73. The van der Waals surface area contributed by atoms with Gasteiger partial charge in [-0.05, 0) is 97.7 Å². The summed E-state index contributed by atoms with van der Waals surface area (Å²) in [5, 5.41) is 8.50. The molecule has 0 aromatic heterocycles. The van der Waals surface area contributed by atoms with Crippen molar-refractivity contribution in [3.05, 3.63) is 94.8 Å². The highest BCUT2D eigenvalue weighted by atomic mass is 19.1. The minimum Gasteiger partial charge on any atom is -0.494 e. The number of rotatable bonds is 1. The predicted molar refractivity (Wildman–Crippen MR) is 180 cm³/mol. The van der Waals surface area contributed by atoms with E-state index < -0.39 is 23.2 Å². The van der Waals surface area contributed by atoms with Gasteiger partial charge in [0.05, 0.1) is 12.2 Å². The Morgan fingerprint density at radius 3 is 2.23 bits per heavy atom. The fourth-order valence-electron chi connectivity index (χ4n) is 5.63. The van der Waals surface area contributed by atoms with Crippen molar-refractivity contribution in [1.29, 1.82) is 0 Å². The fraction of sp³-hybridized carbons (Fsp3) is 0.405. The highest BCUT2D eigenvalue weighted by Crippen LogP contribution is 2.29. The summed E-state index contributed by atoms with van der Waals surface area (Å²) in [6.45, 7) is 8.64. The smallest absolute Gasteiger partial charge is 0.255 e. The van der Waals surface area contributed by atoms with Crippen LogP contribution in [0.25, 0.3) is 0 Å². The van der Waals surface area contributed by atoms with Crippen molar-refractivity contribution in [2.24, 2.45) is 5.41 Å². The molecule has 3 N–H and O–H groups in total. The zero-order valence-corrected chi connectivity index (χ0v) is 27.9. The van der Waals surface area contributed by atoms with Crippen molar-refractivity contribution in [1.82, 2.24) is 15.5 Å². The van der Waals surface area contributed by atoms with Crippen LogP contribution in [0.2, 0.25) is 0 Å². The molecule has 4 aliphatic rings. The van der Waals surface area contributed by atoms with E-state index in [0.717, 1.165) is 18.4 Å². The summed E-state index contributed by atoms with van der Waals surface area (Å²) in [6, 6.07) is 18.1. The standard InChI is InChI=1S/C37H45FN4O5/c1-36(2,3)24-37(4)35(46)40-28-14-8-25(9-15-28)11-19-32(43)42(5)20-6-7-21-47-29-16-12-27(13-17-29)33(44)39-23-26-10-18-31(38)30(22-26)34(45)41-37/h8-10,12-18,22H,6-7,11,19-21,23-24H2,1-5H3,(H,39,44)(H,40,46)(H,41,45)/t37-/m1/s1. The Morgan fingerprint density at radius 1 is 0.872 bits per heavy atom. The molecule has 3 aromatic carbocycles. The number of hydrogen-bond acceptors (Lipinski definition) is 5. The highest BCUT2D eigenvalue weighted by Gasteiger charge is 2.39. The minimum atomic E-state index is -1.39. The lowest BCUT2D eigenvalue weighted by Gasteiger charge is -2.35. The molecule has 3 aromatic rings. The Morgan fingerprint density at radius 2 is 1.55 bits per heavy atom. The van der Waals surface area contributed by atoms with Gasteiger partial charge in [0.15, 0.2) is 0 Å². The van der Waals surface area contributed by atoms with E-state index in [1.165, 1.54) is 18.2 Å². The average molecular weight is 645 g/mol. The topological polar surface area (TPSA) is 117 Å². The van der Waals surface area contributed by atoms with Crippen molar-refractivity contribution >= 4 is 29.3 Å². The van der Waals surface area contributed by atoms with Crippen LogP contribution in [0.3, 0.4) is 0 Å². The summed E-state index contributed by atoms with van der Waals surface area (Å²) in [4.78, 5) is 54.5. The Bertz CT molecular complexity index is 1580. The SMILES string of the molecule is CN1CCCCOc2ccc(cc2)C(=O)NCc2ccc(F)c(c2)C(=O)N[C@](C)(CC(C)(C)C)C(=O)Nc2ccc(cc2)CCC1=O. The van der Waals surface area contributed by atoms with Gasteiger partial charge in [-0.2, -0.15) is 0 Å². The minimum absolute atomic E-state index is 0.0426. The van der Waals surface area contributed by atoms with E-state index in [1.807, 2.05) is 32.9 Å². The van der Waals surface area contributed by atoms with Gasteiger partial charge in [-0.15, -0.1) is 0 Å². The van der Waals surface area contributed by atoms with Gasteiger partial charge in [0.25, 0.3) is 11.8 Å². The predicted octanol–water partition coefficient (Wildman–Crippen LogP) is 5.88. The summed E-state index contributed by atoms with van der Waals surface area (Å²) in [5.74, 6) is -1.60. The summed E-state index contributed by atoms with van der Waals surface area (Å²) in [5.41, 5.74) is 0.441. The lowest BCUT2D eigenvalue weighted by molar-refractivity contribution is -0.130. The molecule has 4 amide bonds. The van der Waals surface area contributed by atoms with Crippen LogP contribution in [-0.2, 0) is 22.6 Å². The number of carbonyl (C=O) groups is 4. The van der Waals surface area contributed by atoms with E-state index in [9.17, 15) is 23.6 Å². The Labute approximate surface area is 276 Å². The van der Waals surface area contributed by atoms with Gasteiger partial charge in [0.2, 0.25) is 11.8 Å². The van der Waals surface area contributed by atoms with Crippen molar-refractivity contribution in [3.63, 3.8) is 0 Å². The number of halogens is 1. The van der Waals surface area contributed by atoms with E-state index in [4.69, 9.17) is 4.74 Å². The number of benzene rings is 3. The number of carbonyl (C=O) groups excluding carboxylic acids is 4. The van der Waals surface area contributed by atoms with E-state index in [-0.39, 0.29) is 35.8 Å². The van der Waals surface area contributed by atoms with Crippen molar-refractivity contribution < 1.29 is 28.3 Å². The van der Waals surface area contributed by atoms with E-state index in [1.54, 1.807) is 55.3 Å². The maximum Gasteiger partial charge on any atom is 0.255 e. The first-order chi connectivity index (χ1) is 22.2. The number of amides is 4. The zero-order valence-electron chi connectivity index (χ0n) is 27.9. The molecule has 9 nitrogen and oxygen atoms in total. The average Bonchev–Trinajstić information content (AvgIpc) is 3.02. The molecule has 1 atom stereocenters. The molecule has 4 heterocycles. The molecule has 0 radical (unpaired) electrons. The molecule has 47 heavy (non-hydrogen) atoms. The lowest BCUT2D eigenvalue weighted by atomic mass is 9.80. The van der Waals surface area contributed by atoms with Crippen LogP contribution in [0.5, 0.6) is 5.75 Å². The highest BCUT2D eigenvalue weighted by molar-refractivity contribution is 6.03. The summed E-state index contributed by atoms with van der Waals surface area (Å²) in [7, 11) is 1.79. The maximum atomic E-state index is 15.0. The molecular formula is C37H45FN4O5. The molecule has 0 saturated carbocycles. The molecule has 7 rings (SSSR count). The van der Waals surface area contributed by atoms with Gasteiger partial charge < -0.3 is 25.6 Å². The molecule has 10 heteroatoms. The van der Waals surface area contributed by atoms with Crippen LogP contribution in [0.4, 0.5) is 10.1 Å². The van der Waals surface area contributed by atoms with Crippen LogP contribution in [-0.4, -0.2) is 54.3 Å². The second kappa shape index (κ2) is 15.2. The zero-order chi connectivity index (χ0) is 34.2. The molecule has 250 valence electrons. The first-order valence-corrected chi connectivity index (χ1v) is 16.0. The monoisotopic (exact) mass is 644 g/mol. The number of nitrogens with one attached hydrogen (secondary N) is 3. The molecule has 0 saturated heterocycles. The second-order valence-electron chi connectivity index (χ2n) is 13.6. The van der Waals surface area contributed by atoms with Crippen LogP contribution >= 0.6 is 0 Å². The molecule has 6 bridgehead atoms. The van der Waals surface area contributed by atoms with Crippen LogP contribution < -0.4 is 20.7 Å². The number of hydrogen-bond donors (Lipinski definition) is 3. The fourth-order valence-corrected chi connectivity index (χ4v) is 5.63. The van der Waals surface area contributed by atoms with Crippen LogP contribution in [0.1, 0.15) is 85.2 Å². The van der Waals surface area contributed by atoms with Gasteiger partial charge >= 0.3 is 0 Å². The third kappa shape index (κ3) is 10.1. The molecule has 0 fully saturated rings. The largest absolute Gasteiger partial charge is 0.494 e. The first-order valence-electron chi connectivity index (χ1n) is 16.0. The molecular weight excluding hydrogens is 599 g/mol. The Balaban J connectivity index is 1.59. The van der Waals surface area contributed by atoms with Crippen molar-refractivity contribution in [2.75, 3.05) is 25.5 Å². The quantitative estimate of drug-likeness (QED) is 0.306. The summed E-state index contributed by atoms with van der Waals surface area (Å²) in [6.07, 6.45) is 2.73. The third-order valence-corrected chi connectivity index (χ3v) is 8.04. The van der Waals surface area contributed by atoms with Gasteiger partial charge in [-0.3, -0.25) is 19.2 Å². The Kier molecular flexibility index (Phi) is 11.4. The number of anilines is 1. The van der Waals surface area contributed by atoms with Crippen molar-refractivity contribution in [3.8, 4) is 5.75 Å². The van der Waals surface area contributed by atoms with E-state index in [2.05, 4.69) is 16.0 Å². The van der Waals surface area contributed by atoms with Gasteiger partial charge in [-0.25, -0.2) is 4.39 Å². The summed E-state index contributed by atoms with van der Waals surface area (Å²) < 4.78 is 20.8. The second-order valence-corrected chi connectivity index (χ2v) is 13.6. The molecule has 0 spiro atoms.